The van der Waals surface area contributed by atoms with E-state index in [4.69, 9.17) is 11.6 Å². The number of hydrogen-bond acceptors (Lipinski definition) is 1. The molecule has 2 rings (SSSR count). The van der Waals surface area contributed by atoms with Gasteiger partial charge in [0.05, 0.1) is 10.5 Å². The van der Waals surface area contributed by atoms with Crippen molar-refractivity contribution in [3.05, 3.63) is 28.8 Å². The van der Waals surface area contributed by atoms with Crippen LogP contribution in [0, 0.1) is 5.82 Å². The second-order valence-corrected chi connectivity index (χ2v) is 5.03. The van der Waals surface area contributed by atoms with Crippen molar-refractivity contribution < 1.29 is 4.39 Å². The first kappa shape index (κ1) is 13.3. The summed E-state index contributed by atoms with van der Waals surface area (Å²) in [4.78, 5) is 7.60. The lowest BCUT2D eigenvalue weighted by Gasteiger charge is -2.10. The summed E-state index contributed by atoms with van der Waals surface area (Å²) in [5.74, 6) is 0.819. The highest BCUT2D eigenvalue weighted by Crippen LogP contribution is 2.28. The van der Waals surface area contributed by atoms with Gasteiger partial charge in [-0.1, -0.05) is 38.3 Å². The lowest BCUT2D eigenvalue weighted by molar-refractivity contribution is 0.548. The normalized spacial score (nSPS) is 13.1. The van der Waals surface area contributed by atoms with Crippen molar-refractivity contribution in [1.82, 2.24) is 9.97 Å². The Balaban J connectivity index is 2.36. The fraction of sp³-hybridized carbons (Fsp3) is 0.500. The summed E-state index contributed by atoms with van der Waals surface area (Å²) in [6.07, 6.45) is 4.42. The van der Waals surface area contributed by atoms with Crippen molar-refractivity contribution in [3.8, 4) is 0 Å². The minimum atomic E-state index is -0.429. The van der Waals surface area contributed by atoms with Gasteiger partial charge in [-0.25, -0.2) is 9.37 Å². The van der Waals surface area contributed by atoms with Crippen LogP contribution in [-0.2, 0) is 0 Å². The molecule has 1 unspecified atom stereocenters. The van der Waals surface area contributed by atoms with Crippen molar-refractivity contribution in [3.63, 3.8) is 0 Å². The summed E-state index contributed by atoms with van der Waals surface area (Å²) >= 11 is 5.77. The third-order valence-electron chi connectivity index (χ3n) is 3.35. The van der Waals surface area contributed by atoms with Crippen LogP contribution < -0.4 is 0 Å². The van der Waals surface area contributed by atoms with Gasteiger partial charge in [0, 0.05) is 5.92 Å². The minimum absolute atomic E-state index is 0.127. The lowest BCUT2D eigenvalue weighted by Crippen LogP contribution is -1.99. The van der Waals surface area contributed by atoms with Gasteiger partial charge in [-0.2, -0.15) is 0 Å². The first-order valence-corrected chi connectivity index (χ1v) is 6.88. The lowest BCUT2D eigenvalue weighted by atomic mass is 9.99. The molecule has 1 heterocycles. The van der Waals surface area contributed by atoms with E-state index in [1.807, 2.05) is 0 Å². The Morgan fingerprint density at radius 2 is 2.17 bits per heavy atom. The Morgan fingerprint density at radius 1 is 1.39 bits per heavy atom. The minimum Gasteiger partial charge on any atom is -0.342 e. The molecule has 0 bridgehead atoms. The Bertz CT molecular complexity index is 536. The molecule has 98 valence electrons. The van der Waals surface area contributed by atoms with Crippen molar-refractivity contribution in [2.75, 3.05) is 0 Å². The summed E-state index contributed by atoms with van der Waals surface area (Å²) in [5, 5.41) is 0.127. The largest absolute Gasteiger partial charge is 0.342 e. The number of H-pyrrole nitrogens is 1. The topological polar surface area (TPSA) is 28.7 Å². The number of rotatable bonds is 5. The fourth-order valence-electron chi connectivity index (χ4n) is 2.21. The summed E-state index contributed by atoms with van der Waals surface area (Å²) < 4.78 is 13.8. The van der Waals surface area contributed by atoms with E-state index in [-0.39, 0.29) is 5.02 Å². The average Bonchev–Trinajstić information content (AvgIpc) is 2.80. The van der Waals surface area contributed by atoms with E-state index >= 15 is 0 Å². The number of imidazole rings is 1. The number of hydrogen-bond donors (Lipinski definition) is 1. The maximum Gasteiger partial charge on any atom is 0.169 e. The Hall–Kier alpha value is -1.09. The Labute approximate surface area is 112 Å². The molecule has 0 saturated carbocycles. The molecule has 2 nitrogen and oxygen atoms in total. The molecule has 0 amide bonds. The maximum absolute atomic E-state index is 13.8. The number of halogens is 2. The van der Waals surface area contributed by atoms with Gasteiger partial charge in [-0.15, -0.1) is 0 Å². The molecule has 0 aliphatic heterocycles. The fourth-order valence-corrected chi connectivity index (χ4v) is 2.37. The van der Waals surface area contributed by atoms with Crippen LogP contribution in [0.3, 0.4) is 0 Å². The van der Waals surface area contributed by atoms with Gasteiger partial charge in [-0.05, 0) is 25.0 Å². The number of fused-ring (bicyclic) bond motifs is 1. The Morgan fingerprint density at radius 3 is 2.83 bits per heavy atom. The maximum atomic E-state index is 13.8. The zero-order chi connectivity index (χ0) is 13.1. The van der Waals surface area contributed by atoms with Gasteiger partial charge in [0.1, 0.15) is 11.3 Å². The highest BCUT2D eigenvalue weighted by atomic mass is 35.5. The molecular weight excluding hydrogens is 251 g/mol. The van der Waals surface area contributed by atoms with E-state index in [0.29, 0.717) is 11.4 Å². The molecule has 0 saturated heterocycles. The molecular formula is C14H18ClFN2. The molecule has 0 aliphatic rings. The van der Waals surface area contributed by atoms with Crippen LogP contribution >= 0.6 is 11.6 Å². The standard InChI is InChI=1S/C14H18ClFN2/c1-3-5-6-9(4-2)14-17-11-8-7-10(15)12(16)13(11)18-14/h7-9H,3-6H2,1-2H3,(H,17,18). The quantitative estimate of drug-likeness (QED) is 0.809. The van der Waals surface area contributed by atoms with Crippen molar-refractivity contribution >= 4 is 22.6 Å². The molecule has 1 aromatic carbocycles. The monoisotopic (exact) mass is 268 g/mol. The zero-order valence-electron chi connectivity index (χ0n) is 10.8. The summed E-state index contributed by atoms with van der Waals surface area (Å²) in [5.41, 5.74) is 1.08. The van der Waals surface area contributed by atoms with Gasteiger partial charge in [0.25, 0.3) is 0 Å². The molecule has 1 aromatic heterocycles. The van der Waals surface area contributed by atoms with Crippen molar-refractivity contribution in [2.24, 2.45) is 0 Å². The molecule has 18 heavy (non-hydrogen) atoms. The van der Waals surface area contributed by atoms with Crippen molar-refractivity contribution in [1.29, 1.82) is 0 Å². The van der Waals surface area contributed by atoms with Crippen LogP contribution in [0.4, 0.5) is 4.39 Å². The third-order valence-corrected chi connectivity index (χ3v) is 3.64. The molecule has 0 fully saturated rings. The van der Waals surface area contributed by atoms with E-state index in [0.717, 1.165) is 30.6 Å². The van der Waals surface area contributed by atoms with Crippen LogP contribution in [0.1, 0.15) is 51.3 Å². The SMILES string of the molecule is CCCCC(CC)c1nc2c(F)c(Cl)ccc2[nH]1. The van der Waals surface area contributed by atoms with Gasteiger partial charge in [0.2, 0.25) is 0 Å². The summed E-state index contributed by atoms with van der Waals surface area (Å²) in [6, 6.07) is 3.35. The van der Waals surface area contributed by atoms with Gasteiger partial charge >= 0.3 is 0 Å². The second-order valence-electron chi connectivity index (χ2n) is 4.63. The summed E-state index contributed by atoms with van der Waals surface area (Å²) in [7, 11) is 0. The highest BCUT2D eigenvalue weighted by Gasteiger charge is 2.16. The van der Waals surface area contributed by atoms with Gasteiger partial charge < -0.3 is 4.98 Å². The predicted octanol–water partition coefficient (Wildman–Crippen LogP) is 5.04. The van der Waals surface area contributed by atoms with E-state index < -0.39 is 5.82 Å². The molecule has 1 N–H and O–H groups in total. The first-order chi connectivity index (χ1) is 8.67. The molecule has 0 radical (unpaired) electrons. The average molecular weight is 269 g/mol. The summed E-state index contributed by atoms with van der Waals surface area (Å²) in [6.45, 7) is 4.31. The molecule has 4 heteroatoms. The number of unbranched alkanes of at least 4 members (excludes halogenated alkanes) is 1. The van der Waals surface area contributed by atoms with Crippen molar-refractivity contribution in [2.45, 2.75) is 45.4 Å². The number of benzene rings is 1. The highest BCUT2D eigenvalue weighted by molar-refractivity contribution is 6.31. The van der Waals surface area contributed by atoms with Crippen LogP contribution in [-0.4, -0.2) is 9.97 Å². The first-order valence-electron chi connectivity index (χ1n) is 6.51. The van der Waals surface area contributed by atoms with Crippen LogP contribution in [0.2, 0.25) is 5.02 Å². The number of aromatic nitrogens is 2. The molecule has 0 aliphatic carbocycles. The van der Waals surface area contributed by atoms with Gasteiger partial charge in [0.15, 0.2) is 5.82 Å². The Kier molecular flexibility index (Phi) is 4.23. The van der Waals surface area contributed by atoms with Crippen LogP contribution in [0.25, 0.3) is 11.0 Å². The van der Waals surface area contributed by atoms with E-state index in [1.54, 1.807) is 12.1 Å². The molecule has 0 spiro atoms. The van der Waals surface area contributed by atoms with Gasteiger partial charge in [-0.3, -0.25) is 0 Å². The van der Waals surface area contributed by atoms with Crippen LogP contribution in [0.5, 0.6) is 0 Å². The third kappa shape index (κ3) is 2.51. The number of nitrogens with one attached hydrogen (secondary N) is 1. The van der Waals surface area contributed by atoms with E-state index in [9.17, 15) is 4.39 Å². The van der Waals surface area contributed by atoms with Crippen LogP contribution in [0.15, 0.2) is 12.1 Å². The van der Waals surface area contributed by atoms with E-state index in [2.05, 4.69) is 23.8 Å². The van der Waals surface area contributed by atoms with E-state index in [1.165, 1.54) is 6.42 Å². The number of nitrogens with zero attached hydrogens (tertiary/aromatic N) is 1. The molecule has 1 atom stereocenters. The molecule has 2 aromatic rings. The zero-order valence-corrected chi connectivity index (χ0v) is 11.5. The number of aromatic amines is 1. The second kappa shape index (κ2) is 5.70. The smallest absolute Gasteiger partial charge is 0.169 e. The predicted molar refractivity (Wildman–Crippen MR) is 73.6 cm³/mol.